The van der Waals surface area contributed by atoms with Crippen molar-refractivity contribution in [3.8, 4) is 5.75 Å². The highest BCUT2D eigenvalue weighted by Gasteiger charge is 2.42. The van der Waals surface area contributed by atoms with Crippen LogP contribution in [0.2, 0.25) is 0 Å². The largest absolute Gasteiger partial charge is 0.507 e. The monoisotopic (exact) mass is 356 g/mol. The van der Waals surface area contributed by atoms with E-state index in [2.05, 4.69) is 33.8 Å². The number of aldehydes is 1. The number of ketones is 1. The van der Waals surface area contributed by atoms with Crippen LogP contribution in [0, 0.1) is 24.2 Å². The molecule has 0 bridgehead atoms. The molecule has 1 aliphatic carbocycles. The molecule has 1 aromatic rings. The second kappa shape index (κ2) is 8.20. The number of allylic oxidation sites excluding steroid dienone is 2. The fourth-order valence-electron chi connectivity index (χ4n) is 4.08. The van der Waals surface area contributed by atoms with Crippen molar-refractivity contribution in [1.82, 2.24) is 0 Å². The smallest absolute Gasteiger partial charge is 0.154 e. The van der Waals surface area contributed by atoms with Crippen LogP contribution >= 0.6 is 0 Å². The molecule has 26 heavy (non-hydrogen) atoms. The van der Waals surface area contributed by atoms with Crippen molar-refractivity contribution in [2.24, 2.45) is 17.3 Å². The number of Topliss-reactive ketones (excluding diaryl/α,β-unsaturated/α-hetero) is 1. The van der Waals surface area contributed by atoms with Gasteiger partial charge in [-0.1, -0.05) is 44.6 Å². The first-order valence-electron chi connectivity index (χ1n) is 9.65. The third kappa shape index (κ3) is 4.08. The molecule has 0 radical (unpaired) electrons. The minimum absolute atomic E-state index is 0.0567. The van der Waals surface area contributed by atoms with E-state index in [4.69, 9.17) is 0 Å². The van der Waals surface area contributed by atoms with E-state index in [0.717, 1.165) is 36.8 Å². The zero-order chi connectivity index (χ0) is 19.5. The lowest BCUT2D eigenvalue weighted by Gasteiger charge is -2.44. The molecular weight excluding hydrogens is 324 g/mol. The zero-order valence-electron chi connectivity index (χ0n) is 16.8. The first-order valence-corrected chi connectivity index (χ1v) is 9.65. The topological polar surface area (TPSA) is 54.4 Å². The number of benzene rings is 1. The van der Waals surface area contributed by atoms with Gasteiger partial charge in [0.2, 0.25) is 0 Å². The number of carbonyl (C=O) groups is 2. The molecule has 1 N–H and O–H groups in total. The minimum Gasteiger partial charge on any atom is -0.507 e. The van der Waals surface area contributed by atoms with Crippen LogP contribution in [0.5, 0.6) is 5.75 Å². The molecule has 0 aromatic heterocycles. The second-order valence-corrected chi connectivity index (χ2v) is 8.31. The van der Waals surface area contributed by atoms with E-state index in [1.807, 2.05) is 19.1 Å². The van der Waals surface area contributed by atoms with E-state index < -0.39 is 0 Å². The van der Waals surface area contributed by atoms with Crippen molar-refractivity contribution >= 4 is 12.1 Å². The van der Waals surface area contributed by atoms with E-state index in [-0.39, 0.29) is 17.1 Å². The third-order valence-electron chi connectivity index (χ3n) is 6.79. The summed E-state index contributed by atoms with van der Waals surface area (Å²) in [5.41, 5.74) is 3.26. The van der Waals surface area contributed by atoms with Gasteiger partial charge in [-0.2, -0.15) is 0 Å². The summed E-state index contributed by atoms with van der Waals surface area (Å²) in [4.78, 5) is 23.3. The van der Waals surface area contributed by atoms with E-state index in [0.29, 0.717) is 30.0 Å². The number of hydrogen-bond donors (Lipinski definition) is 1. The summed E-state index contributed by atoms with van der Waals surface area (Å²) >= 11 is 0. The quantitative estimate of drug-likeness (QED) is 0.546. The van der Waals surface area contributed by atoms with Crippen LogP contribution in [0.15, 0.2) is 23.8 Å². The molecule has 1 aromatic carbocycles. The van der Waals surface area contributed by atoms with Gasteiger partial charge in [-0.15, -0.1) is 0 Å². The van der Waals surface area contributed by atoms with Gasteiger partial charge in [-0.05, 0) is 62.0 Å². The Morgan fingerprint density at radius 3 is 2.69 bits per heavy atom. The Morgan fingerprint density at radius 1 is 1.35 bits per heavy atom. The van der Waals surface area contributed by atoms with E-state index in [1.165, 1.54) is 5.57 Å². The molecule has 2 rings (SSSR count). The number of rotatable bonds is 6. The Labute approximate surface area is 157 Å². The standard InChI is InChI=1S/C23H32O3/c1-15(6-9-19-10-7-16(2)20(14-24)22(19)26)12-13-23(5)17(3)8-11-21(25)18(23)4/h6-7,10,14,17-18,26H,8-9,11-13H2,1-5H3/b15-6+/t17-,18+,23+/m0/s1. The zero-order valence-corrected chi connectivity index (χ0v) is 16.8. The molecule has 0 spiro atoms. The van der Waals surface area contributed by atoms with Crippen LogP contribution in [0.1, 0.15) is 74.9 Å². The first kappa shape index (κ1) is 20.4. The van der Waals surface area contributed by atoms with Gasteiger partial charge in [0.15, 0.2) is 6.29 Å². The van der Waals surface area contributed by atoms with Gasteiger partial charge in [-0.3, -0.25) is 9.59 Å². The van der Waals surface area contributed by atoms with Crippen LogP contribution < -0.4 is 0 Å². The Balaban J connectivity index is 2.05. The van der Waals surface area contributed by atoms with Gasteiger partial charge >= 0.3 is 0 Å². The summed E-state index contributed by atoms with van der Waals surface area (Å²) in [6, 6.07) is 3.76. The van der Waals surface area contributed by atoms with Crippen molar-refractivity contribution < 1.29 is 14.7 Å². The van der Waals surface area contributed by atoms with Gasteiger partial charge in [0, 0.05) is 12.3 Å². The van der Waals surface area contributed by atoms with Crippen LogP contribution in [0.4, 0.5) is 0 Å². The summed E-state index contributed by atoms with van der Waals surface area (Å²) in [6.07, 6.45) is 7.12. The average molecular weight is 357 g/mol. The number of phenols is 1. The Hall–Kier alpha value is -1.90. The Morgan fingerprint density at radius 2 is 2.04 bits per heavy atom. The molecule has 0 saturated heterocycles. The van der Waals surface area contributed by atoms with Crippen molar-refractivity contribution in [3.05, 3.63) is 40.5 Å². The Kier molecular flexibility index (Phi) is 6.44. The molecule has 0 heterocycles. The lowest BCUT2D eigenvalue weighted by Crippen LogP contribution is -2.41. The van der Waals surface area contributed by atoms with Crippen LogP contribution in [-0.4, -0.2) is 17.2 Å². The average Bonchev–Trinajstić information content (AvgIpc) is 2.61. The highest BCUT2D eigenvalue weighted by atomic mass is 16.3. The second-order valence-electron chi connectivity index (χ2n) is 8.31. The van der Waals surface area contributed by atoms with Gasteiger partial charge in [-0.25, -0.2) is 0 Å². The summed E-state index contributed by atoms with van der Waals surface area (Å²) in [7, 11) is 0. The molecule has 0 aliphatic heterocycles. The predicted molar refractivity (Wildman–Crippen MR) is 106 cm³/mol. The number of carbonyl (C=O) groups excluding carboxylic acids is 2. The molecule has 3 heteroatoms. The van der Waals surface area contributed by atoms with E-state index in [9.17, 15) is 14.7 Å². The summed E-state index contributed by atoms with van der Waals surface area (Å²) in [5.74, 6) is 1.17. The summed E-state index contributed by atoms with van der Waals surface area (Å²) < 4.78 is 0. The maximum absolute atomic E-state index is 12.2. The van der Waals surface area contributed by atoms with Crippen molar-refractivity contribution in [2.45, 2.75) is 66.7 Å². The van der Waals surface area contributed by atoms with Gasteiger partial charge in [0.25, 0.3) is 0 Å². The highest BCUT2D eigenvalue weighted by Crippen LogP contribution is 2.47. The normalized spacial score (nSPS) is 26.8. The van der Waals surface area contributed by atoms with Crippen LogP contribution in [0.25, 0.3) is 0 Å². The molecule has 3 nitrogen and oxygen atoms in total. The molecule has 1 aliphatic rings. The minimum atomic E-state index is 0.0567. The molecule has 0 unspecified atom stereocenters. The molecule has 0 amide bonds. The van der Waals surface area contributed by atoms with Crippen LogP contribution in [-0.2, 0) is 11.2 Å². The number of phenolic OH excluding ortho intramolecular Hbond substituents is 1. The summed E-state index contributed by atoms with van der Waals surface area (Å²) in [6.45, 7) is 10.5. The Bertz CT molecular complexity index is 716. The maximum atomic E-state index is 12.2. The molecular formula is C23H32O3. The van der Waals surface area contributed by atoms with Gasteiger partial charge < -0.3 is 5.11 Å². The number of hydrogen-bond acceptors (Lipinski definition) is 3. The third-order valence-corrected chi connectivity index (χ3v) is 6.79. The number of aryl methyl sites for hydroxylation is 1. The molecule has 3 atom stereocenters. The fraction of sp³-hybridized carbons (Fsp3) is 0.565. The highest BCUT2D eigenvalue weighted by molar-refractivity contribution is 5.82. The predicted octanol–water partition coefficient (Wildman–Crippen LogP) is 5.42. The number of aromatic hydroxyl groups is 1. The lowest BCUT2D eigenvalue weighted by atomic mass is 9.59. The van der Waals surface area contributed by atoms with E-state index in [1.54, 1.807) is 0 Å². The van der Waals surface area contributed by atoms with Crippen molar-refractivity contribution in [1.29, 1.82) is 0 Å². The molecule has 1 fully saturated rings. The lowest BCUT2D eigenvalue weighted by molar-refractivity contribution is -0.132. The SMILES string of the molecule is C/C(=C\Cc1ccc(C)c(C=O)c1O)CC[C@@]1(C)[C@H](C)C(=O)CC[C@@H]1C. The van der Waals surface area contributed by atoms with Gasteiger partial charge in [0.05, 0.1) is 5.56 Å². The summed E-state index contributed by atoms with van der Waals surface area (Å²) in [5, 5.41) is 10.3. The maximum Gasteiger partial charge on any atom is 0.154 e. The van der Waals surface area contributed by atoms with Crippen molar-refractivity contribution in [3.63, 3.8) is 0 Å². The molecule has 142 valence electrons. The van der Waals surface area contributed by atoms with Crippen molar-refractivity contribution in [2.75, 3.05) is 0 Å². The van der Waals surface area contributed by atoms with Crippen LogP contribution in [0.3, 0.4) is 0 Å². The van der Waals surface area contributed by atoms with E-state index >= 15 is 0 Å². The molecule has 1 saturated carbocycles. The van der Waals surface area contributed by atoms with Gasteiger partial charge in [0.1, 0.15) is 11.5 Å². The fourth-order valence-corrected chi connectivity index (χ4v) is 4.08. The first-order chi connectivity index (χ1) is 12.2.